The van der Waals surface area contributed by atoms with Gasteiger partial charge in [0, 0.05) is 5.56 Å². The van der Waals surface area contributed by atoms with Crippen molar-refractivity contribution in [2.75, 3.05) is 0 Å². The van der Waals surface area contributed by atoms with Crippen LogP contribution in [-0.4, -0.2) is 8.07 Å². The van der Waals surface area contributed by atoms with Gasteiger partial charge in [-0.15, -0.1) is 5.54 Å². The third kappa shape index (κ3) is 2.53. The molecule has 0 saturated heterocycles. The van der Waals surface area contributed by atoms with E-state index in [9.17, 15) is 0 Å². The molecule has 0 amide bonds. The van der Waals surface area contributed by atoms with Gasteiger partial charge < -0.3 is 0 Å². The highest BCUT2D eigenvalue weighted by Crippen LogP contribution is 2.20. The summed E-state index contributed by atoms with van der Waals surface area (Å²) in [4.78, 5) is 0. The maximum Gasteiger partial charge on any atom is 0.162 e. The number of rotatable bonds is 1. The molecule has 0 spiro atoms. The SMILES string of the molecule is C[Si](C)(C#Cc1ccccc1)C1=CCC=C1. The van der Waals surface area contributed by atoms with Crippen LogP contribution in [0.5, 0.6) is 0 Å². The molecule has 0 fully saturated rings. The molecule has 0 bridgehead atoms. The average molecular weight is 224 g/mol. The van der Waals surface area contributed by atoms with Crippen molar-refractivity contribution in [2.45, 2.75) is 19.5 Å². The fourth-order valence-corrected chi connectivity index (χ4v) is 3.51. The Labute approximate surface area is 98.7 Å². The quantitative estimate of drug-likeness (QED) is 0.504. The number of allylic oxidation sites excluding steroid dienone is 4. The van der Waals surface area contributed by atoms with Crippen LogP contribution in [0.15, 0.2) is 53.8 Å². The van der Waals surface area contributed by atoms with Gasteiger partial charge in [0.1, 0.15) is 0 Å². The second-order valence-electron chi connectivity index (χ2n) is 4.54. The molecule has 1 heteroatoms. The molecular weight excluding hydrogens is 208 g/mol. The van der Waals surface area contributed by atoms with Gasteiger partial charge in [0.2, 0.25) is 0 Å². The van der Waals surface area contributed by atoms with E-state index in [1.54, 1.807) is 0 Å². The fourth-order valence-electron chi connectivity index (χ4n) is 1.74. The highest BCUT2D eigenvalue weighted by Gasteiger charge is 2.22. The van der Waals surface area contributed by atoms with Crippen LogP contribution >= 0.6 is 0 Å². The van der Waals surface area contributed by atoms with Gasteiger partial charge in [0.15, 0.2) is 8.07 Å². The summed E-state index contributed by atoms with van der Waals surface area (Å²) in [6, 6.07) is 10.2. The minimum Gasteiger partial charge on any atom is -0.121 e. The maximum atomic E-state index is 3.49. The second-order valence-corrected chi connectivity index (χ2v) is 8.62. The Morgan fingerprint density at radius 3 is 2.50 bits per heavy atom. The van der Waals surface area contributed by atoms with Crippen molar-refractivity contribution < 1.29 is 0 Å². The fraction of sp³-hybridized carbons (Fsp3) is 0.200. The Balaban J connectivity index is 2.21. The molecule has 80 valence electrons. The average Bonchev–Trinajstić information content (AvgIpc) is 2.82. The van der Waals surface area contributed by atoms with Crippen LogP contribution < -0.4 is 0 Å². The van der Waals surface area contributed by atoms with Crippen LogP contribution in [0.1, 0.15) is 12.0 Å². The van der Waals surface area contributed by atoms with E-state index in [0.717, 1.165) is 12.0 Å². The number of hydrogen-bond acceptors (Lipinski definition) is 0. The van der Waals surface area contributed by atoms with Gasteiger partial charge in [-0.1, -0.05) is 60.6 Å². The van der Waals surface area contributed by atoms with E-state index in [4.69, 9.17) is 0 Å². The summed E-state index contributed by atoms with van der Waals surface area (Å²) in [5.74, 6) is 3.30. The molecule has 0 aliphatic heterocycles. The lowest BCUT2D eigenvalue weighted by Crippen LogP contribution is -2.25. The third-order valence-electron chi connectivity index (χ3n) is 2.79. The third-order valence-corrected chi connectivity index (χ3v) is 5.35. The molecule has 0 heterocycles. The van der Waals surface area contributed by atoms with Crippen molar-refractivity contribution >= 4 is 8.07 Å². The van der Waals surface area contributed by atoms with Crippen LogP contribution in [0, 0.1) is 11.5 Å². The monoisotopic (exact) mass is 224 g/mol. The lowest BCUT2D eigenvalue weighted by molar-refractivity contribution is 1.44. The van der Waals surface area contributed by atoms with Gasteiger partial charge in [-0.2, -0.15) is 0 Å². The summed E-state index contributed by atoms with van der Waals surface area (Å²) >= 11 is 0. The lowest BCUT2D eigenvalue weighted by Gasteiger charge is -2.14. The highest BCUT2D eigenvalue weighted by atomic mass is 28.3. The van der Waals surface area contributed by atoms with Gasteiger partial charge in [0.05, 0.1) is 0 Å². The van der Waals surface area contributed by atoms with Gasteiger partial charge in [-0.05, 0) is 18.6 Å². The highest BCUT2D eigenvalue weighted by molar-refractivity contribution is 6.92. The van der Waals surface area contributed by atoms with E-state index in [1.807, 2.05) is 18.2 Å². The largest absolute Gasteiger partial charge is 0.162 e. The topological polar surface area (TPSA) is 0 Å². The van der Waals surface area contributed by atoms with Crippen LogP contribution in [0.4, 0.5) is 0 Å². The smallest absolute Gasteiger partial charge is 0.121 e. The van der Waals surface area contributed by atoms with Gasteiger partial charge >= 0.3 is 0 Å². The predicted octanol–water partition coefficient (Wildman–Crippen LogP) is 3.71. The molecule has 0 saturated carbocycles. The molecule has 0 N–H and O–H groups in total. The lowest BCUT2D eigenvalue weighted by atomic mass is 10.2. The zero-order chi connectivity index (χ0) is 11.4. The molecule has 0 unspecified atom stereocenters. The standard InChI is InChI=1S/C15H16Si/c1-16(2,15-10-6-7-11-15)13-12-14-8-4-3-5-9-14/h3-6,8-11H,7H2,1-2H3. The molecule has 1 aliphatic rings. The summed E-state index contributed by atoms with van der Waals surface area (Å²) in [5, 5.41) is 1.47. The van der Waals surface area contributed by atoms with Crippen LogP contribution in [0.3, 0.4) is 0 Å². The van der Waals surface area contributed by atoms with E-state index in [1.165, 1.54) is 5.20 Å². The van der Waals surface area contributed by atoms with Gasteiger partial charge in [-0.3, -0.25) is 0 Å². The second kappa shape index (κ2) is 4.55. The van der Waals surface area contributed by atoms with E-state index in [2.05, 4.69) is 54.9 Å². The van der Waals surface area contributed by atoms with Crippen molar-refractivity contribution in [2.24, 2.45) is 0 Å². The van der Waals surface area contributed by atoms with Gasteiger partial charge in [0.25, 0.3) is 0 Å². The molecule has 1 aliphatic carbocycles. The summed E-state index contributed by atoms with van der Waals surface area (Å²) in [6.07, 6.45) is 7.85. The molecule has 1 aromatic rings. The molecule has 1 aromatic carbocycles. The first kappa shape index (κ1) is 11.0. The Hall–Kier alpha value is -1.52. The van der Waals surface area contributed by atoms with Crippen LogP contribution in [0.2, 0.25) is 13.1 Å². The Morgan fingerprint density at radius 2 is 1.88 bits per heavy atom. The van der Waals surface area contributed by atoms with Crippen LogP contribution in [0.25, 0.3) is 0 Å². The molecular formula is C15H16Si. The number of hydrogen-bond donors (Lipinski definition) is 0. The first-order valence-electron chi connectivity index (χ1n) is 5.64. The van der Waals surface area contributed by atoms with Crippen molar-refractivity contribution in [1.29, 1.82) is 0 Å². The molecule has 16 heavy (non-hydrogen) atoms. The van der Waals surface area contributed by atoms with Crippen molar-refractivity contribution in [3.63, 3.8) is 0 Å². The Bertz CT molecular complexity index is 481. The Kier molecular flexibility index (Phi) is 3.12. The Morgan fingerprint density at radius 1 is 1.12 bits per heavy atom. The van der Waals surface area contributed by atoms with Crippen molar-refractivity contribution in [1.82, 2.24) is 0 Å². The summed E-state index contributed by atoms with van der Waals surface area (Å²) in [6.45, 7) is 4.62. The molecule has 0 radical (unpaired) electrons. The number of benzene rings is 1. The van der Waals surface area contributed by atoms with Crippen molar-refractivity contribution in [3.8, 4) is 11.5 Å². The van der Waals surface area contributed by atoms with Crippen molar-refractivity contribution in [3.05, 3.63) is 59.3 Å². The van der Waals surface area contributed by atoms with Gasteiger partial charge in [-0.25, -0.2) is 0 Å². The zero-order valence-electron chi connectivity index (χ0n) is 9.83. The minimum atomic E-state index is -1.54. The first-order valence-corrected chi connectivity index (χ1v) is 8.64. The molecule has 0 aromatic heterocycles. The maximum absolute atomic E-state index is 3.49. The normalized spacial score (nSPS) is 14.2. The van der Waals surface area contributed by atoms with Crippen LogP contribution in [-0.2, 0) is 0 Å². The van der Waals surface area contributed by atoms with E-state index >= 15 is 0 Å². The molecule has 0 atom stereocenters. The van der Waals surface area contributed by atoms with E-state index in [0.29, 0.717) is 0 Å². The summed E-state index contributed by atoms with van der Waals surface area (Å²) in [7, 11) is -1.54. The molecule has 0 nitrogen and oxygen atoms in total. The van der Waals surface area contributed by atoms with E-state index in [-0.39, 0.29) is 0 Å². The predicted molar refractivity (Wildman–Crippen MR) is 72.6 cm³/mol. The molecule has 2 rings (SSSR count). The summed E-state index contributed by atoms with van der Waals surface area (Å²) < 4.78 is 0. The summed E-state index contributed by atoms with van der Waals surface area (Å²) in [5.41, 5.74) is 4.60. The minimum absolute atomic E-state index is 1.08. The van der Waals surface area contributed by atoms with E-state index < -0.39 is 8.07 Å². The zero-order valence-corrected chi connectivity index (χ0v) is 10.8. The first-order chi connectivity index (χ1) is 7.68.